The molecule has 0 aromatic rings. The third kappa shape index (κ3) is 3.54. The minimum atomic E-state index is -4.09. The Bertz CT molecular complexity index is 790. The van der Waals surface area contributed by atoms with E-state index in [0.29, 0.717) is 18.4 Å². The average molecular weight is 378 g/mol. The summed E-state index contributed by atoms with van der Waals surface area (Å²) in [5, 5.41) is 15.0. The highest BCUT2D eigenvalue weighted by Gasteiger charge is 2.36. The van der Waals surface area contributed by atoms with E-state index in [0.717, 1.165) is 4.31 Å². The second-order valence-corrected chi connectivity index (χ2v) is 9.82. The Morgan fingerprint density at radius 3 is 2.21 bits per heavy atom. The van der Waals surface area contributed by atoms with Gasteiger partial charge in [-0.3, -0.25) is 0 Å². The van der Waals surface area contributed by atoms with Gasteiger partial charge in [0.1, 0.15) is 5.25 Å². The van der Waals surface area contributed by atoms with Crippen LogP contribution in [0.25, 0.3) is 0 Å². The van der Waals surface area contributed by atoms with Gasteiger partial charge in [0.15, 0.2) is 0 Å². The fraction of sp³-hybridized carbons (Fsp3) is 0.615. The smallest absolute Gasteiger partial charge is 0.281 e. The SMILES string of the molecule is CN(C)S(=O)(=O)N1CCC(C2=C(C(=O)[O-])C(S(N)(=O)=O)C=C2)CC1. The van der Waals surface area contributed by atoms with Crippen molar-refractivity contribution >= 4 is 26.2 Å². The maximum absolute atomic E-state index is 12.1. The number of piperidine rings is 1. The number of nitrogens with zero attached hydrogens (tertiary/aromatic N) is 2. The second-order valence-electron chi connectivity index (χ2n) is 5.99. The van der Waals surface area contributed by atoms with Crippen molar-refractivity contribution in [3.05, 3.63) is 23.3 Å². The van der Waals surface area contributed by atoms with Crippen LogP contribution in [-0.2, 0) is 25.0 Å². The number of nitrogens with two attached hydrogens (primary N) is 1. The van der Waals surface area contributed by atoms with E-state index in [1.54, 1.807) is 0 Å². The number of rotatable bonds is 5. The van der Waals surface area contributed by atoms with Gasteiger partial charge < -0.3 is 9.90 Å². The summed E-state index contributed by atoms with van der Waals surface area (Å²) >= 11 is 0. The Labute approximate surface area is 141 Å². The zero-order chi connectivity index (χ0) is 18.3. The van der Waals surface area contributed by atoms with Crippen molar-refractivity contribution in [1.29, 1.82) is 0 Å². The highest BCUT2D eigenvalue weighted by atomic mass is 32.2. The lowest BCUT2D eigenvalue weighted by molar-refractivity contribution is -0.299. The number of primary sulfonamides is 1. The summed E-state index contributed by atoms with van der Waals surface area (Å²) in [5.74, 6) is -1.83. The summed E-state index contributed by atoms with van der Waals surface area (Å²) < 4.78 is 49.7. The lowest BCUT2D eigenvalue weighted by Crippen LogP contribution is -2.45. The Morgan fingerprint density at radius 1 is 1.25 bits per heavy atom. The maximum Gasteiger partial charge on any atom is 0.281 e. The Hall–Kier alpha value is -1.27. The molecular formula is C13H20N3O6S2-. The predicted octanol–water partition coefficient (Wildman–Crippen LogP) is -2.22. The number of hydrogen-bond acceptors (Lipinski definition) is 6. The Morgan fingerprint density at radius 2 is 1.79 bits per heavy atom. The van der Waals surface area contributed by atoms with Gasteiger partial charge >= 0.3 is 0 Å². The largest absolute Gasteiger partial charge is 0.545 e. The molecule has 9 nitrogen and oxygen atoms in total. The predicted molar refractivity (Wildman–Crippen MR) is 85.0 cm³/mol. The van der Waals surface area contributed by atoms with E-state index in [-0.39, 0.29) is 24.6 Å². The molecule has 1 aliphatic carbocycles. The number of sulfonamides is 1. The summed E-state index contributed by atoms with van der Waals surface area (Å²) in [6.07, 6.45) is 3.46. The molecule has 0 bridgehead atoms. The van der Waals surface area contributed by atoms with Crippen LogP contribution in [0.1, 0.15) is 12.8 Å². The normalized spacial score (nSPS) is 24.1. The first-order valence-corrected chi connectivity index (χ1v) is 10.3. The summed E-state index contributed by atoms with van der Waals surface area (Å²) in [7, 11) is -4.74. The van der Waals surface area contributed by atoms with Crippen LogP contribution in [0.3, 0.4) is 0 Å². The number of hydrogen-bond donors (Lipinski definition) is 1. The number of carboxylic acid groups (broad SMARTS) is 1. The molecule has 2 aliphatic rings. The molecule has 1 aliphatic heterocycles. The molecule has 0 spiro atoms. The molecule has 24 heavy (non-hydrogen) atoms. The summed E-state index contributed by atoms with van der Waals surface area (Å²) in [6, 6.07) is 0. The fourth-order valence-electron chi connectivity index (χ4n) is 3.03. The van der Waals surface area contributed by atoms with E-state index >= 15 is 0 Å². The molecular weight excluding hydrogens is 358 g/mol. The van der Waals surface area contributed by atoms with E-state index in [4.69, 9.17) is 5.14 Å². The van der Waals surface area contributed by atoms with Crippen molar-refractivity contribution in [3.8, 4) is 0 Å². The number of carbonyl (C=O) groups excluding carboxylic acids is 1. The molecule has 1 unspecified atom stereocenters. The number of carbonyl (C=O) groups is 1. The molecule has 1 heterocycles. The number of allylic oxidation sites excluding steroid dienone is 2. The van der Waals surface area contributed by atoms with E-state index in [9.17, 15) is 26.7 Å². The van der Waals surface area contributed by atoms with Crippen molar-refractivity contribution in [2.45, 2.75) is 18.1 Å². The van der Waals surface area contributed by atoms with Crippen molar-refractivity contribution < 1.29 is 26.7 Å². The number of aliphatic carboxylic acids is 1. The topological polar surface area (TPSA) is 141 Å². The van der Waals surface area contributed by atoms with Crippen LogP contribution in [0, 0.1) is 5.92 Å². The Balaban J connectivity index is 2.24. The molecule has 2 N–H and O–H groups in total. The summed E-state index contributed by atoms with van der Waals surface area (Å²) in [6.45, 7) is 0.450. The minimum Gasteiger partial charge on any atom is -0.545 e. The van der Waals surface area contributed by atoms with Crippen molar-refractivity contribution in [2.24, 2.45) is 11.1 Å². The molecule has 1 atom stereocenters. The van der Waals surface area contributed by atoms with E-state index in [1.807, 2.05) is 0 Å². The lowest BCUT2D eigenvalue weighted by atomic mass is 9.88. The Kier molecular flexibility index (Phi) is 5.21. The van der Waals surface area contributed by atoms with E-state index < -0.39 is 31.5 Å². The molecule has 2 rings (SSSR count). The second kappa shape index (κ2) is 6.56. The third-order valence-electron chi connectivity index (χ3n) is 4.30. The molecule has 0 aromatic heterocycles. The lowest BCUT2D eigenvalue weighted by Gasteiger charge is -2.33. The molecule has 0 aromatic carbocycles. The van der Waals surface area contributed by atoms with Gasteiger partial charge in [-0.15, -0.1) is 0 Å². The average Bonchev–Trinajstić information content (AvgIpc) is 2.92. The maximum atomic E-state index is 12.1. The van der Waals surface area contributed by atoms with E-state index in [1.165, 1.54) is 30.6 Å². The van der Waals surface area contributed by atoms with E-state index in [2.05, 4.69) is 0 Å². The van der Waals surface area contributed by atoms with Crippen LogP contribution in [-0.4, -0.2) is 63.9 Å². The van der Waals surface area contributed by atoms with Crippen LogP contribution in [0.2, 0.25) is 0 Å². The van der Waals surface area contributed by atoms with Gasteiger partial charge in [-0.05, 0) is 24.3 Å². The molecule has 11 heteroatoms. The van der Waals surface area contributed by atoms with Crippen molar-refractivity contribution in [2.75, 3.05) is 27.2 Å². The first kappa shape index (κ1) is 19.1. The van der Waals surface area contributed by atoms with Crippen molar-refractivity contribution in [1.82, 2.24) is 8.61 Å². The number of carboxylic acids is 1. The molecule has 0 radical (unpaired) electrons. The monoisotopic (exact) mass is 378 g/mol. The molecule has 136 valence electrons. The molecule has 1 saturated heterocycles. The van der Waals surface area contributed by atoms with Crippen LogP contribution in [0.5, 0.6) is 0 Å². The van der Waals surface area contributed by atoms with Gasteiger partial charge in [-0.2, -0.15) is 17.0 Å². The highest BCUT2D eigenvalue weighted by Crippen LogP contribution is 2.35. The van der Waals surface area contributed by atoms with Gasteiger partial charge in [-0.25, -0.2) is 13.6 Å². The van der Waals surface area contributed by atoms with Crippen molar-refractivity contribution in [3.63, 3.8) is 0 Å². The zero-order valence-corrected chi connectivity index (χ0v) is 15.0. The van der Waals surface area contributed by atoms with Gasteiger partial charge in [0.05, 0.1) is 5.97 Å². The molecule has 1 fully saturated rings. The standard InChI is InChI=1S/C13H21N3O6S2/c1-15(2)24(21,22)16-7-5-9(6-8-16)10-3-4-11(23(14,19)20)12(10)13(17)18/h3-4,9,11H,5-8H2,1-2H3,(H,17,18)(H2,14,19,20)/p-1. The van der Waals surface area contributed by atoms with Crippen LogP contribution < -0.4 is 10.2 Å². The quantitative estimate of drug-likeness (QED) is 0.574. The fourth-order valence-corrected chi connectivity index (χ4v) is 5.03. The minimum absolute atomic E-state index is 0.225. The molecule has 0 amide bonds. The zero-order valence-electron chi connectivity index (χ0n) is 13.4. The van der Waals surface area contributed by atoms with Gasteiger partial charge in [0.2, 0.25) is 10.0 Å². The summed E-state index contributed by atoms with van der Waals surface area (Å²) in [4.78, 5) is 11.4. The van der Waals surface area contributed by atoms with Crippen LogP contribution in [0.15, 0.2) is 23.3 Å². The van der Waals surface area contributed by atoms with Gasteiger partial charge in [0.25, 0.3) is 10.2 Å². The van der Waals surface area contributed by atoms with Crippen LogP contribution in [0.4, 0.5) is 0 Å². The van der Waals surface area contributed by atoms with Gasteiger partial charge in [0, 0.05) is 32.8 Å². The first-order chi connectivity index (χ1) is 11.0. The third-order valence-corrected chi connectivity index (χ3v) is 7.34. The van der Waals surface area contributed by atoms with Gasteiger partial charge in [-0.1, -0.05) is 12.2 Å². The summed E-state index contributed by atoms with van der Waals surface area (Å²) in [5.41, 5.74) is 0.0161. The molecule has 0 saturated carbocycles. The first-order valence-electron chi connectivity index (χ1n) is 7.29. The highest BCUT2D eigenvalue weighted by molar-refractivity contribution is 7.90. The van der Waals surface area contributed by atoms with Crippen LogP contribution >= 0.6 is 0 Å².